The highest BCUT2D eigenvalue weighted by molar-refractivity contribution is 5.89. The van der Waals surface area contributed by atoms with Crippen LogP contribution in [0, 0.1) is 0 Å². The molecule has 0 radical (unpaired) electrons. The minimum atomic E-state index is -0.0192. The number of ether oxygens (including phenoxy) is 1. The molecule has 2 amide bonds. The van der Waals surface area contributed by atoms with Gasteiger partial charge in [0.25, 0.3) is 0 Å². The van der Waals surface area contributed by atoms with Crippen molar-refractivity contribution in [1.29, 1.82) is 0 Å². The standard InChI is InChI=1S/C22H28N4O2/c1-28-21-5-3-2-4-20(21)17-6-8-18(9-7-17)24-22(27)26-14-12-25(13-15-26)19-10-11-23-16-19/h2-9,19,23H,10-16H2,1H3,(H,24,27)/t19-/m1/s1. The molecule has 2 N–H and O–H groups in total. The van der Waals surface area contributed by atoms with E-state index in [4.69, 9.17) is 4.74 Å². The van der Waals surface area contributed by atoms with Gasteiger partial charge in [-0.15, -0.1) is 0 Å². The molecule has 2 aromatic carbocycles. The number of methoxy groups -OCH3 is 1. The van der Waals surface area contributed by atoms with Crippen LogP contribution in [0.1, 0.15) is 6.42 Å². The second-order valence-electron chi connectivity index (χ2n) is 7.38. The lowest BCUT2D eigenvalue weighted by Crippen LogP contribution is -2.53. The maximum Gasteiger partial charge on any atom is 0.321 e. The number of para-hydroxylation sites is 1. The van der Waals surface area contributed by atoms with Crippen molar-refractivity contribution in [3.05, 3.63) is 48.5 Å². The van der Waals surface area contributed by atoms with Crippen molar-refractivity contribution in [3.8, 4) is 16.9 Å². The lowest BCUT2D eigenvalue weighted by atomic mass is 10.0. The SMILES string of the molecule is COc1ccccc1-c1ccc(NC(=O)N2CCN([C@@H]3CCNC3)CC2)cc1. The van der Waals surface area contributed by atoms with Gasteiger partial charge in [0, 0.05) is 50.0 Å². The quantitative estimate of drug-likeness (QED) is 0.856. The minimum absolute atomic E-state index is 0.0192. The van der Waals surface area contributed by atoms with E-state index in [2.05, 4.69) is 15.5 Å². The maximum absolute atomic E-state index is 12.6. The number of amides is 2. The molecule has 2 saturated heterocycles. The first-order chi connectivity index (χ1) is 13.7. The van der Waals surface area contributed by atoms with Crippen LogP contribution in [-0.4, -0.2) is 68.3 Å². The fourth-order valence-electron chi connectivity index (χ4n) is 4.06. The normalized spacial score (nSPS) is 20.2. The highest BCUT2D eigenvalue weighted by Crippen LogP contribution is 2.30. The van der Waals surface area contributed by atoms with Crippen LogP contribution in [0.25, 0.3) is 11.1 Å². The van der Waals surface area contributed by atoms with Gasteiger partial charge in [-0.1, -0.05) is 30.3 Å². The van der Waals surface area contributed by atoms with Gasteiger partial charge in [0.15, 0.2) is 0 Å². The van der Waals surface area contributed by atoms with E-state index in [0.29, 0.717) is 6.04 Å². The number of piperazine rings is 1. The van der Waals surface area contributed by atoms with Gasteiger partial charge in [0.05, 0.1) is 7.11 Å². The van der Waals surface area contributed by atoms with Crippen LogP contribution in [0.4, 0.5) is 10.5 Å². The van der Waals surface area contributed by atoms with Crippen molar-refractivity contribution in [1.82, 2.24) is 15.1 Å². The van der Waals surface area contributed by atoms with Crippen molar-refractivity contribution in [3.63, 3.8) is 0 Å². The topological polar surface area (TPSA) is 56.8 Å². The molecular formula is C22H28N4O2. The van der Waals surface area contributed by atoms with E-state index >= 15 is 0 Å². The number of hydrogen-bond acceptors (Lipinski definition) is 4. The van der Waals surface area contributed by atoms with E-state index in [1.807, 2.05) is 53.4 Å². The lowest BCUT2D eigenvalue weighted by Gasteiger charge is -2.37. The number of rotatable bonds is 4. The Hall–Kier alpha value is -2.57. The van der Waals surface area contributed by atoms with Gasteiger partial charge >= 0.3 is 6.03 Å². The minimum Gasteiger partial charge on any atom is -0.496 e. The summed E-state index contributed by atoms with van der Waals surface area (Å²) in [5.41, 5.74) is 2.92. The number of hydrogen-bond donors (Lipinski definition) is 2. The van der Waals surface area contributed by atoms with Gasteiger partial charge in [-0.05, 0) is 36.7 Å². The average Bonchev–Trinajstić information content (AvgIpc) is 3.29. The number of nitrogens with zero attached hydrogens (tertiary/aromatic N) is 2. The molecule has 2 aliphatic heterocycles. The second-order valence-corrected chi connectivity index (χ2v) is 7.38. The number of nitrogens with one attached hydrogen (secondary N) is 2. The van der Waals surface area contributed by atoms with Crippen molar-refractivity contribution in [2.45, 2.75) is 12.5 Å². The Kier molecular flexibility index (Phi) is 5.78. The molecule has 6 heteroatoms. The van der Waals surface area contributed by atoms with Crippen molar-refractivity contribution in [2.24, 2.45) is 0 Å². The largest absolute Gasteiger partial charge is 0.496 e. The van der Waals surface area contributed by atoms with Crippen molar-refractivity contribution >= 4 is 11.7 Å². The Morgan fingerprint density at radius 1 is 1.07 bits per heavy atom. The predicted octanol–water partition coefficient (Wildman–Crippen LogP) is 2.87. The van der Waals surface area contributed by atoms with Gasteiger partial charge in [-0.25, -0.2) is 4.79 Å². The van der Waals surface area contributed by atoms with Crippen LogP contribution < -0.4 is 15.4 Å². The molecule has 1 atom stereocenters. The molecule has 0 spiro atoms. The Labute approximate surface area is 166 Å². The molecule has 2 aliphatic rings. The van der Waals surface area contributed by atoms with Crippen LogP contribution in [-0.2, 0) is 0 Å². The second kappa shape index (κ2) is 8.63. The monoisotopic (exact) mass is 380 g/mol. The first-order valence-corrected chi connectivity index (χ1v) is 9.99. The Bertz CT molecular complexity index is 794. The number of carbonyl (C=O) groups is 1. The summed E-state index contributed by atoms with van der Waals surface area (Å²) in [5, 5.41) is 6.45. The zero-order chi connectivity index (χ0) is 19.3. The van der Waals surface area contributed by atoms with Gasteiger partial charge in [0.1, 0.15) is 5.75 Å². The predicted molar refractivity (Wildman–Crippen MR) is 112 cm³/mol. The van der Waals surface area contributed by atoms with Crippen molar-refractivity contribution in [2.75, 3.05) is 51.7 Å². The lowest BCUT2D eigenvalue weighted by molar-refractivity contribution is 0.119. The molecule has 0 unspecified atom stereocenters. The van der Waals surface area contributed by atoms with Crippen LogP contribution in [0.5, 0.6) is 5.75 Å². The molecule has 0 bridgehead atoms. The Morgan fingerprint density at radius 2 is 1.82 bits per heavy atom. The third kappa shape index (κ3) is 4.13. The molecule has 148 valence electrons. The number of carbonyl (C=O) groups excluding carboxylic acids is 1. The van der Waals surface area contributed by atoms with Gasteiger partial charge in [0.2, 0.25) is 0 Å². The first-order valence-electron chi connectivity index (χ1n) is 9.99. The molecule has 28 heavy (non-hydrogen) atoms. The Morgan fingerprint density at radius 3 is 2.50 bits per heavy atom. The first kappa shape index (κ1) is 18.8. The molecule has 2 aromatic rings. The van der Waals surface area contributed by atoms with E-state index < -0.39 is 0 Å². The van der Waals surface area contributed by atoms with E-state index in [0.717, 1.165) is 61.8 Å². The third-order valence-corrected chi connectivity index (χ3v) is 5.71. The molecule has 2 heterocycles. The molecule has 2 fully saturated rings. The van der Waals surface area contributed by atoms with Crippen LogP contribution in [0.15, 0.2) is 48.5 Å². The van der Waals surface area contributed by atoms with E-state index in [1.54, 1.807) is 7.11 Å². The molecule has 0 saturated carbocycles. The summed E-state index contributed by atoms with van der Waals surface area (Å²) in [7, 11) is 1.68. The van der Waals surface area contributed by atoms with E-state index in [9.17, 15) is 4.79 Å². The summed E-state index contributed by atoms with van der Waals surface area (Å²) in [6.07, 6.45) is 1.21. The maximum atomic E-state index is 12.6. The molecule has 0 aromatic heterocycles. The van der Waals surface area contributed by atoms with E-state index in [-0.39, 0.29) is 6.03 Å². The van der Waals surface area contributed by atoms with Crippen LogP contribution in [0.2, 0.25) is 0 Å². The highest BCUT2D eigenvalue weighted by Gasteiger charge is 2.27. The summed E-state index contributed by atoms with van der Waals surface area (Å²) < 4.78 is 5.44. The van der Waals surface area contributed by atoms with Crippen LogP contribution >= 0.6 is 0 Å². The van der Waals surface area contributed by atoms with Crippen LogP contribution in [0.3, 0.4) is 0 Å². The Balaban J connectivity index is 1.34. The molecular weight excluding hydrogens is 352 g/mol. The fraction of sp³-hybridized carbons (Fsp3) is 0.409. The zero-order valence-electron chi connectivity index (χ0n) is 16.4. The van der Waals surface area contributed by atoms with Gasteiger partial charge < -0.3 is 20.3 Å². The van der Waals surface area contributed by atoms with E-state index in [1.165, 1.54) is 6.42 Å². The number of benzene rings is 2. The smallest absolute Gasteiger partial charge is 0.321 e. The zero-order valence-corrected chi connectivity index (χ0v) is 16.4. The fourth-order valence-corrected chi connectivity index (χ4v) is 4.06. The number of urea groups is 1. The molecule has 4 rings (SSSR count). The third-order valence-electron chi connectivity index (χ3n) is 5.71. The summed E-state index contributed by atoms with van der Waals surface area (Å²) in [5.74, 6) is 0.842. The summed E-state index contributed by atoms with van der Waals surface area (Å²) in [6.45, 7) is 5.64. The summed E-state index contributed by atoms with van der Waals surface area (Å²) >= 11 is 0. The average molecular weight is 380 g/mol. The summed E-state index contributed by atoms with van der Waals surface area (Å²) in [6, 6.07) is 16.5. The van der Waals surface area contributed by atoms with Gasteiger partial charge in [-0.2, -0.15) is 0 Å². The highest BCUT2D eigenvalue weighted by atomic mass is 16.5. The summed E-state index contributed by atoms with van der Waals surface area (Å²) in [4.78, 5) is 17.0. The molecule has 6 nitrogen and oxygen atoms in total. The number of anilines is 1. The van der Waals surface area contributed by atoms with Crippen molar-refractivity contribution < 1.29 is 9.53 Å². The van der Waals surface area contributed by atoms with Gasteiger partial charge in [-0.3, -0.25) is 4.90 Å². The molecule has 0 aliphatic carbocycles.